The van der Waals surface area contributed by atoms with Gasteiger partial charge in [-0.2, -0.15) is 10.4 Å². The molecule has 32 heavy (non-hydrogen) atoms. The zero-order valence-corrected chi connectivity index (χ0v) is 19.5. The number of amides is 1. The first-order valence-electron chi connectivity index (χ1n) is 9.68. The van der Waals surface area contributed by atoms with Crippen LogP contribution in [0.25, 0.3) is 0 Å². The minimum absolute atomic E-state index is 0.265. The number of hydrazone groups is 1. The molecule has 1 N–H and O–H groups in total. The molecule has 0 bridgehead atoms. The molecule has 0 fully saturated rings. The molecule has 0 atom stereocenters. The van der Waals surface area contributed by atoms with Crippen molar-refractivity contribution in [1.29, 1.82) is 5.26 Å². The summed E-state index contributed by atoms with van der Waals surface area (Å²) < 4.78 is 12.3. The molecule has 0 aliphatic heterocycles. The summed E-state index contributed by atoms with van der Waals surface area (Å²) in [7, 11) is 0. The summed E-state index contributed by atoms with van der Waals surface area (Å²) in [6.45, 7) is 2.54. The summed E-state index contributed by atoms with van der Waals surface area (Å²) in [6, 6.07) is 19.7. The summed E-state index contributed by atoms with van der Waals surface area (Å²) >= 11 is 9.78. The van der Waals surface area contributed by atoms with Crippen LogP contribution in [0.3, 0.4) is 0 Å². The van der Waals surface area contributed by atoms with Crippen LogP contribution >= 0.6 is 27.5 Å². The molecule has 3 aromatic rings. The maximum Gasteiger partial charge on any atom is 0.272 e. The van der Waals surface area contributed by atoms with Gasteiger partial charge in [-0.15, -0.1) is 0 Å². The minimum Gasteiger partial charge on any atom is -0.490 e. The van der Waals surface area contributed by atoms with Gasteiger partial charge in [0.05, 0.1) is 35.0 Å². The third kappa shape index (κ3) is 6.10. The van der Waals surface area contributed by atoms with Crippen LogP contribution in [-0.2, 0) is 6.61 Å². The number of ether oxygens (including phenoxy) is 2. The van der Waals surface area contributed by atoms with Crippen LogP contribution in [-0.4, -0.2) is 18.7 Å². The second-order valence-electron chi connectivity index (χ2n) is 6.54. The molecule has 0 unspecified atom stereocenters. The van der Waals surface area contributed by atoms with Gasteiger partial charge in [0, 0.05) is 4.47 Å². The van der Waals surface area contributed by atoms with E-state index in [-0.39, 0.29) is 12.5 Å². The molecule has 0 aromatic heterocycles. The van der Waals surface area contributed by atoms with Crippen molar-refractivity contribution < 1.29 is 14.3 Å². The third-order valence-corrected chi connectivity index (χ3v) is 5.27. The molecule has 0 saturated carbocycles. The zero-order valence-electron chi connectivity index (χ0n) is 17.1. The lowest BCUT2D eigenvalue weighted by molar-refractivity contribution is 0.0954. The summed E-state index contributed by atoms with van der Waals surface area (Å²) in [4.78, 5) is 12.3. The molecule has 0 heterocycles. The van der Waals surface area contributed by atoms with Gasteiger partial charge in [-0.1, -0.05) is 35.9 Å². The van der Waals surface area contributed by atoms with E-state index in [0.717, 1.165) is 5.56 Å². The fourth-order valence-corrected chi connectivity index (χ4v) is 3.51. The van der Waals surface area contributed by atoms with Crippen LogP contribution in [0.2, 0.25) is 5.02 Å². The van der Waals surface area contributed by atoms with E-state index in [9.17, 15) is 4.79 Å². The highest BCUT2D eigenvalue weighted by atomic mass is 79.9. The number of rotatable bonds is 8. The monoisotopic (exact) mass is 511 g/mol. The van der Waals surface area contributed by atoms with Crippen LogP contribution in [0.5, 0.6) is 11.5 Å². The molecule has 0 aliphatic rings. The normalized spacial score (nSPS) is 10.6. The molecule has 0 saturated heterocycles. The van der Waals surface area contributed by atoms with E-state index in [2.05, 4.69) is 32.5 Å². The highest BCUT2D eigenvalue weighted by Gasteiger charge is 2.13. The Kier molecular flexibility index (Phi) is 8.26. The molecule has 1 amide bonds. The van der Waals surface area contributed by atoms with Gasteiger partial charge in [0.1, 0.15) is 6.61 Å². The fraction of sp³-hybridized carbons (Fsp3) is 0.125. The second-order valence-corrected chi connectivity index (χ2v) is 7.80. The maximum atomic E-state index is 12.3. The van der Waals surface area contributed by atoms with Crippen LogP contribution in [0.1, 0.15) is 34.0 Å². The van der Waals surface area contributed by atoms with Crippen LogP contribution in [0, 0.1) is 11.3 Å². The van der Waals surface area contributed by atoms with Gasteiger partial charge in [-0.05, 0) is 70.4 Å². The van der Waals surface area contributed by atoms with Gasteiger partial charge in [0.25, 0.3) is 5.91 Å². The van der Waals surface area contributed by atoms with Gasteiger partial charge in [0.15, 0.2) is 11.5 Å². The average molecular weight is 513 g/mol. The number of carbonyl (C=O) groups excluding carboxylic acids is 1. The molecule has 0 radical (unpaired) electrons. The number of hydrogen-bond acceptors (Lipinski definition) is 5. The van der Waals surface area contributed by atoms with Crippen molar-refractivity contribution in [3.8, 4) is 17.6 Å². The van der Waals surface area contributed by atoms with Crippen LogP contribution in [0.15, 0.2) is 70.2 Å². The first-order chi connectivity index (χ1) is 15.5. The van der Waals surface area contributed by atoms with E-state index in [1.807, 2.05) is 25.1 Å². The Morgan fingerprint density at radius 3 is 2.62 bits per heavy atom. The molecule has 162 valence electrons. The molecule has 8 heteroatoms. The Balaban J connectivity index is 1.72. The van der Waals surface area contributed by atoms with E-state index in [0.29, 0.717) is 44.3 Å². The third-order valence-electron chi connectivity index (χ3n) is 4.30. The predicted octanol–water partition coefficient (Wildman–Crippen LogP) is 5.72. The van der Waals surface area contributed by atoms with Crippen molar-refractivity contribution in [3.63, 3.8) is 0 Å². The van der Waals surface area contributed by atoms with E-state index in [1.54, 1.807) is 42.5 Å². The lowest BCUT2D eigenvalue weighted by Crippen LogP contribution is -2.18. The second kappa shape index (κ2) is 11.3. The Morgan fingerprint density at radius 1 is 1.19 bits per heavy atom. The lowest BCUT2D eigenvalue weighted by Gasteiger charge is -2.14. The molecule has 0 aliphatic carbocycles. The number of nitrogens with one attached hydrogen (secondary N) is 1. The standard InChI is InChI=1S/C24H19BrClN3O3/c1-2-31-22-12-18(14-28-29-24(30)19-5-3-4-6-20(19)25)11-21(26)23(22)32-15-17-9-7-16(13-27)8-10-17/h3-12,14H,2,15H2,1H3,(H,29,30)/b28-14+. The SMILES string of the molecule is CCOc1cc(/C=N/NC(=O)c2ccccc2Br)cc(Cl)c1OCc1ccc(C#N)cc1. The summed E-state index contributed by atoms with van der Waals surface area (Å²) in [6.07, 6.45) is 1.48. The molecule has 3 aromatic carbocycles. The van der Waals surface area contributed by atoms with E-state index in [4.69, 9.17) is 26.3 Å². The van der Waals surface area contributed by atoms with Crippen LogP contribution < -0.4 is 14.9 Å². The number of halogens is 2. The summed E-state index contributed by atoms with van der Waals surface area (Å²) in [5.74, 6) is 0.534. The number of carbonyl (C=O) groups is 1. The average Bonchev–Trinajstić information content (AvgIpc) is 2.79. The van der Waals surface area contributed by atoms with Gasteiger partial charge in [-0.25, -0.2) is 5.43 Å². The minimum atomic E-state index is -0.341. The molecule has 6 nitrogen and oxygen atoms in total. The van der Waals surface area contributed by atoms with Crippen molar-refractivity contribution in [2.75, 3.05) is 6.61 Å². The predicted molar refractivity (Wildman–Crippen MR) is 127 cm³/mol. The lowest BCUT2D eigenvalue weighted by atomic mass is 10.1. The largest absolute Gasteiger partial charge is 0.490 e. The molecule has 0 spiro atoms. The van der Waals surface area contributed by atoms with Crippen molar-refractivity contribution in [2.24, 2.45) is 5.10 Å². The van der Waals surface area contributed by atoms with E-state index < -0.39 is 0 Å². The highest BCUT2D eigenvalue weighted by molar-refractivity contribution is 9.10. The smallest absolute Gasteiger partial charge is 0.272 e. The van der Waals surface area contributed by atoms with Gasteiger partial charge in [-0.3, -0.25) is 4.79 Å². The Bertz CT molecular complexity index is 1170. The number of benzene rings is 3. The Labute approximate surface area is 199 Å². The Hall–Kier alpha value is -3.34. The first-order valence-corrected chi connectivity index (χ1v) is 10.8. The molecular weight excluding hydrogens is 494 g/mol. The van der Waals surface area contributed by atoms with Gasteiger partial charge < -0.3 is 9.47 Å². The zero-order chi connectivity index (χ0) is 22.9. The number of nitriles is 1. The van der Waals surface area contributed by atoms with Crippen molar-refractivity contribution in [2.45, 2.75) is 13.5 Å². The van der Waals surface area contributed by atoms with Crippen molar-refractivity contribution in [1.82, 2.24) is 5.43 Å². The maximum absolute atomic E-state index is 12.3. The quantitative estimate of drug-likeness (QED) is 0.309. The first kappa shape index (κ1) is 23.3. The fourth-order valence-electron chi connectivity index (χ4n) is 2.77. The van der Waals surface area contributed by atoms with E-state index >= 15 is 0 Å². The van der Waals surface area contributed by atoms with Gasteiger partial charge >= 0.3 is 0 Å². The topological polar surface area (TPSA) is 83.7 Å². The number of hydrogen-bond donors (Lipinski definition) is 1. The van der Waals surface area contributed by atoms with E-state index in [1.165, 1.54) is 6.21 Å². The van der Waals surface area contributed by atoms with Crippen LogP contribution in [0.4, 0.5) is 0 Å². The molecular formula is C24H19BrClN3O3. The van der Waals surface area contributed by atoms with Gasteiger partial charge in [0.2, 0.25) is 0 Å². The molecule has 3 rings (SSSR count). The summed E-state index contributed by atoms with van der Waals surface area (Å²) in [5, 5.41) is 13.3. The van der Waals surface area contributed by atoms with Crippen molar-refractivity contribution >= 4 is 39.7 Å². The Morgan fingerprint density at radius 2 is 1.94 bits per heavy atom. The highest BCUT2D eigenvalue weighted by Crippen LogP contribution is 2.37. The summed E-state index contributed by atoms with van der Waals surface area (Å²) in [5.41, 5.74) is 5.08. The number of nitrogens with zero attached hydrogens (tertiary/aromatic N) is 2. The van der Waals surface area contributed by atoms with Crippen molar-refractivity contribution in [3.05, 3.63) is 92.4 Å².